The first-order valence-corrected chi connectivity index (χ1v) is 9.19. The topological polar surface area (TPSA) is 90.4 Å². The van der Waals surface area contributed by atoms with Crippen LogP contribution in [-0.2, 0) is 16.1 Å². The number of rotatable bonds is 8. The number of furan rings is 1. The number of phenolic OH excluding ortho intramolecular Hbond substituents is 1. The Hall–Kier alpha value is -2.74. The Labute approximate surface area is 155 Å². The Kier molecular flexibility index (Phi) is 5.96. The van der Waals surface area contributed by atoms with Gasteiger partial charge in [0.2, 0.25) is 0 Å². The van der Waals surface area contributed by atoms with Crippen LogP contribution in [0.25, 0.3) is 11.4 Å². The Balaban J connectivity index is 1.81. The number of aromatic hydroxyl groups is 1. The molecule has 2 aromatic heterocycles. The van der Waals surface area contributed by atoms with Crippen LogP contribution in [0, 0.1) is 0 Å². The highest BCUT2D eigenvalue weighted by molar-refractivity contribution is 7.99. The van der Waals surface area contributed by atoms with Gasteiger partial charge >= 0.3 is 5.97 Å². The molecule has 0 atom stereocenters. The summed E-state index contributed by atoms with van der Waals surface area (Å²) in [7, 11) is 0. The maximum atomic E-state index is 11.5. The van der Waals surface area contributed by atoms with Crippen LogP contribution in [0.2, 0.25) is 0 Å². The third-order valence-corrected chi connectivity index (χ3v) is 4.55. The SMILES string of the molecule is CCOC(=O)CCSc1nnc(-c2ccc(O)cc2)n1Cc1ccco1. The quantitative estimate of drug-likeness (QED) is 0.478. The molecule has 26 heavy (non-hydrogen) atoms. The van der Waals surface area contributed by atoms with Crippen molar-refractivity contribution in [3.05, 3.63) is 48.4 Å². The summed E-state index contributed by atoms with van der Waals surface area (Å²) in [6.07, 6.45) is 1.92. The summed E-state index contributed by atoms with van der Waals surface area (Å²) in [4.78, 5) is 11.5. The van der Waals surface area contributed by atoms with Gasteiger partial charge < -0.3 is 14.3 Å². The van der Waals surface area contributed by atoms with Crippen LogP contribution in [0.1, 0.15) is 19.1 Å². The molecule has 0 aliphatic rings. The third-order valence-electron chi connectivity index (χ3n) is 3.58. The summed E-state index contributed by atoms with van der Waals surface area (Å²) >= 11 is 1.44. The molecule has 0 radical (unpaired) electrons. The second-order valence-electron chi connectivity index (χ2n) is 5.42. The Morgan fingerprint density at radius 2 is 2.08 bits per heavy atom. The molecule has 136 valence electrons. The standard InChI is InChI=1S/C18H19N3O4S/c1-2-24-16(23)9-11-26-18-20-19-17(13-5-7-14(22)8-6-13)21(18)12-15-4-3-10-25-15/h3-8,10,22H,2,9,11-12H2,1H3. The number of nitrogens with zero attached hydrogens (tertiary/aromatic N) is 3. The lowest BCUT2D eigenvalue weighted by atomic mass is 10.2. The molecule has 7 nitrogen and oxygen atoms in total. The first-order chi connectivity index (χ1) is 12.7. The molecule has 0 aliphatic heterocycles. The minimum atomic E-state index is -0.226. The van der Waals surface area contributed by atoms with Crippen LogP contribution < -0.4 is 0 Å². The fraction of sp³-hybridized carbons (Fsp3) is 0.278. The van der Waals surface area contributed by atoms with E-state index in [9.17, 15) is 9.90 Å². The van der Waals surface area contributed by atoms with Crippen molar-refractivity contribution in [3.8, 4) is 17.1 Å². The molecule has 2 heterocycles. The fourth-order valence-electron chi connectivity index (χ4n) is 2.38. The van der Waals surface area contributed by atoms with Crippen LogP contribution in [0.5, 0.6) is 5.75 Å². The van der Waals surface area contributed by atoms with Crippen molar-refractivity contribution in [2.45, 2.75) is 25.0 Å². The van der Waals surface area contributed by atoms with Gasteiger partial charge in [-0.3, -0.25) is 9.36 Å². The third kappa shape index (κ3) is 4.45. The van der Waals surface area contributed by atoms with E-state index in [-0.39, 0.29) is 11.7 Å². The molecule has 0 spiro atoms. The molecule has 0 saturated heterocycles. The van der Waals surface area contributed by atoms with Crippen molar-refractivity contribution in [2.75, 3.05) is 12.4 Å². The summed E-state index contributed by atoms with van der Waals surface area (Å²) in [6, 6.07) is 10.5. The van der Waals surface area contributed by atoms with Crippen molar-refractivity contribution >= 4 is 17.7 Å². The summed E-state index contributed by atoms with van der Waals surface area (Å²) in [6.45, 7) is 2.64. The predicted octanol–water partition coefficient (Wildman–Crippen LogP) is 3.34. The van der Waals surface area contributed by atoms with Crippen molar-refractivity contribution in [3.63, 3.8) is 0 Å². The van der Waals surface area contributed by atoms with Gasteiger partial charge in [0.25, 0.3) is 0 Å². The predicted molar refractivity (Wildman–Crippen MR) is 96.9 cm³/mol. The number of carbonyl (C=O) groups is 1. The molecule has 3 aromatic rings. The lowest BCUT2D eigenvalue weighted by molar-refractivity contribution is -0.142. The molecule has 0 aliphatic carbocycles. The van der Waals surface area contributed by atoms with Gasteiger partial charge in [0.1, 0.15) is 11.5 Å². The van der Waals surface area contributed by atoms with Gasteiger partial charge in [0.05, 0.1) is 25.8 Å². The Morgan fingerprint density at radius 1 is 1.27 bits per heavy atom. The van der Waals surface area contributed by atoms with Crippen molar-refractivity contribution in [1.82, 2.24) is 14.8 Å². The molecular formula is C18H19N3O4S. The van der Waals surface area contributed by atoms with E-state index >= 15 is 0 Å². The molecule has 1 aromatic carbocycles. The van der Waals surface area contributed by atoms with E-state index < -0.39 is 0 Å². The first-order valence-electron chi connectivity index (χ1n) is 8.20. The van der Waals surface area contributed by atoms with E-state index in [1.165, 1.54) is 11.8 Å². The molecule has 1 N–H and O–H groups in total. The minimum Gasteiger partial charge on any atom is -0.508 e. The molecule has 0 unspecified atom stereocenters. The van der Waals surface area contributed by atoms with E-state index in [4.69, 9.17) is 9.15 Å². The average molecular weight is 373 g/mol. The van der Waals surface area contributed by atoms with Gasteiger partial charge in [-0.25, -0.2) is 0 Å². The lowest BCUT2D eigenvalue weighted by Crippen LogP contribution is -2.06. The van der Waals surface area contributed by atoms with Gasteiger partial charge in [-0.05, 0) is 43.3 Å². The zero-order chi connectivity index (χ0) is 18.4. The van der Waals surface area contributed by atoms with E-state index in [0.717, 1.165) is 11.3 Å². The molecule has 0 bridgehead atoms. The molecule has 3 rings (SSSR count). The largest absolute Gasteiger partial charge is 0.508 e. The maximum absolute atomic E-state index is 11.5. The van der Waals surface area contributed by atoms with Gasteiger partial charge in [0.15, 0.2) is 11.0 Å². The average Bonchev–Trinajstić information content (AvgIpc) is 3.27. The maximum Gasteiger partial charge on any atom is 0.306 e. The zero-order valence-corrected chi connectivity index (χ0v) is 15.1. The summed E-state index contributed by atoms with van der Waals surface area (Å²) in [5.74, 6) is 1.95. The number of esters is 1. The highest BCUT2D eigenvalue weighted by atomic mass is 32.2. The van der Waals surface area contributed by atoms with Crippen molar-refractivity contribution < 1.29 is 19.1 Å². The van der Waals surface area contributed by atoms with Crippen LogP contribution in [0.3, 0.4) is 0 Å². The van der Waals surface area contributed by atoms with Gasteiger partial charge in [0, 0.05) is 11.3 Å². The van der Waals surface area contributed by atoms with Gasteiger partial charge in [-0.1, -0.05) is 11.8 Å². The van der Waals surface area contributed by atoms with Crippen LogP contribution in [-0.4, -0.2) is 38.2 Å². The zero-order valence-electron chi connectivity index (χ0n) is 14.3. The fourth-order valence-corrected chi connectivity index (χ4v) is 3.24. The first kappa shape index (κ1) is 18.1. The Bertz CT molecular complexity index is 844. The number of thioether (sulfide) groups is 1. The summed E-state index contributed by atoms with van der Waals surface area (Å²) in [5, 5.41) is 18.7. The molecule has 8 heteroatoms. The molecule has 0 saturated carbocycles. The van der Waals surface area contributed by atoms with Crippen molar-refractivity contribution in [1.29, 1.82) is 0 Å². The summed E-state index contributed by atoms with van der Waals surface area (Å²) < 4.78 is 12.3. The number of hydrogen-bond donors (Lipinski definition) is 1. The van der Waals surface area contributed by atoms with E-state index in [1.54, 1.807) is 37.5 Å². The second kappa shape index (κ2) is 8.57. The number of phenols is 1. The summed E-state index contributed by atoms with van der Waals surface area (Å²) in [5.41, 5.74) is 0.832. The van der Waals surface area contributed by atoms with E-state index in [2.05, 4.69) is 10.2 Å². The molecular weight excluding hydrogens is 354 g/mol. The monoisotopic (exact) mass is 373 g/mol. The number of ether oxygens (including phenoxy) is 1. The molecule has 0 fully saturated rings. The smallest absolute Gasteiger partial charge is 0.306 e. The van der Waals surface area contributed by atoms with Crippen molar-refractivity contribution in [2.24, 2.45) is 0 Å². The molecule has 0 amide bonds. The van der Waals surface area contributed by atoms with Gasteiger partial charge in [-0.15, -0.1) is 10.2 Å². The normalized spacial score (nSPS) is 10.8. The minimum absolute atomic E-state index is 0.190. The highest BCUT2D eigenvalue weighted by Crippen LogP contribution is 2.26. The number of carbonyl (C=O) groups excluding carboxylic acids is 1. The Morgan fingerprint density at radius 3 is 2.77 bits per heavy atom. The van der Waals surface area contributed by atoms with Crippen LogP contribution >= 0.6 is 11.8 Å². The van der Waals surface area contributed by atoms with Crippen LogP contribution in [0.15, 0.2) is 52.2 Å². The number of hydrogen-bond acceptors (Lipinski definition) is 7. The van der Waals surface area contributed by atoms with Crippen LogP contribution in [0.4, 0.5) is 0 Å². The number of aromatic nitrogens is 3. The highest BCUT2D eigenvalue weighted by Gasteiger charge is 2.16. The van der Waals surface area contributed by atoms with Gasteiger partial charge in [-0.2, -0.15) is 0 Å². The number of benzene rings is 1. The van der Waals surface area contributed by atoms with E-state index in [0.29, 0.717) is 36.3 Å². The van der Waals surface area contributed by atoms with E-state index in [1.807, 2.05) is 16.7 Å². The lowest BCUT2D eigenvalue weighted by Gasteiger charge is -2.09. The second-order valence-corrected chi connectivity index (χ2v) is 6.48.